The van der Waals surface area contributed by atoms with Crippen molar-refractivity contribution in [2.75, 3.05) is 0 Å². The fraction of sp³-hybridized carbons (Fsp3) is 0.158. The monoisotopic (exact) mass is 260 g/mol. The second-order valence-electron chi connectivity index (χ2n) is 5.50. The molecular formula is C19H16O. The summed E-state index contributed by atoms with van der Waals surface area (Å²) in [5.74, 6) is 6.10. The molecule has 1 nitrogen and oxygen atoms in total. The third-order valence-electron chi connectivity index (χ3n) is 3.26. The molecule has 0 amide bonds. The van der Waals surface area contributed by atoms with Gasteiger partial charge in [-0.1, -0.05) is 60.4 Å². The molecule has 0 aliphatic heterocycles. The molecule has 3 rings (SSSR count). The van der Waals surface area contributed by atoms with Gasteiger partial charge in [-0.2, -0.15) is 0 Å². The van der Waals surface area contributed by atoms with Crippen molar-refractivity contribution in [1.29, 1.82) is 0 Å². The second-order valence-corrected chi connectivity index (χ2v) is 5.50. The molecule has 20 heavy (non-hydrogen) atoms. The van der Waals surface area contributed by atoms with E-state index >= 15 is 0 Å². The zero-order valence-electron chi connectivity index (χ0n) is 11.6. The third kappa shape index (κ3) is 2.39. The van der Waals surface area contributed by atoms with Crippen molar-refractivity contribution >= 4 is 21.5 Å². The van der Waals surface area contributed by atoms with E-state index in [-0.39, 0.29) is 0 Å². The molecule has 0 atom stereocenters. The van der Waals surface area contributed by atoms with E-state index in [1.165, 1.54) is 10.8 Å². The van der Waals surface area contributed by atoms with Gasteiger partial charge in [-0.25, -0.2) is 0 Å². The largest absolute Gasteiger partial charge is 0.378 e. The Labute approximate surface area is 118 Å². The van der Waals surface area contributed by atoms with E-state index in [1.807, 2.05) is 24.3 Å². The number of hydrogen-bond acceptors (Lipinski definition) is 1. The van der Waals surface area contributed by atoms with E-state index in [0.29, 0.717) is 0 Å². The van der Waals surface area contributed by atoms with Gasteiger partial charge in [0.2, 0.25) is 0 Å². The van der Waals surface area contributed by atoms with Crippen LogP contribution in [0.2, 0.25) is 0 Å². The first-order valence-corrected chi connectivity index (χ1v) is 6.71. The highest BCUT2D eigenvalue weighted by Gasteiger charge is 2.08. The maximum Gasteiger partial charge on any atom is 0.120 e. The van der Waals surface area contributed by atoms with Crippen molar-refractivity contribution in [3.05, 3.63) is 60.2 Å². The van der Waals surface area contributed by atoms with Gasteiger partial charge >= 0.3 is 0 Å². The summed E-state index contributed by atoms with van der Waals surface area (Å²) in [6, 6.07) is 18.6. The minimum atomic E-state index is -0.988. The molecule has 3 aromatic rings. The average molecular weight is 260 g/mol. The predicted molar refractivity (Wildman–Crippen MR) is 84.6 cm³/mol. The van der Waals surface area contributed by atoms with Crippen LogP contribution in [0.25, 0.3) is 21.5 Å². The Balaban J connectivity index is 2.41. The van der Waals surface area contributed by atoms with Gasteiger partial charge in [0.15, 0.2) is 0 Å². The molecule has 1 heteroatoms. The molecule has 0 unspecified atom stereocenters. The zero-order valence-corrected chi connectivity index (χ0v) is 11.6. The molecule has 0 saturated carbocycles. The van der Waals surface area contributed by atoms with Crippen LogP contribution in [0, 0.1) is 11.8 Å². The number of fused-ring (bicyclic) bond motifs is 2. The normalized spacial score (nSPS) is 11.3. The summed E-state index contributed by atoms with van der Waals surface area (Å²) < 4.78 is 0. The highest BCUT2D eigenvalue weighted by Crippen LogP contribution is 2.27. The molecule has 0 aliphatic rings. The van der Waals surface area contributed by atoms with Crippen LogP contribution in [-0.2, 0) is 0 Å². The standard InChI is InChI=1S/C19H16O/c1-19(2,20)12-11-18-16-9-5-3-7-14(16)13-15-8-4-6-10-17(15)18/h3-10,13,20H,1-2H3. The average Bonchev–Trinajstić information content (AvgIpc) is 2.42. The minimum Gasteiger partial charge on any atom is -0.378 e. The lowest BCUT2D eigenvalue weighted by molar-refractivity contribution is 0.143. The fourth-order valence-electron chi connectivity index (χ4n) is 2.36. The summed E-state index contributed by atoms with van der Waals surface area (Å²) in [6.45, 7) is 3.40. The van der Waals surface area contributed by atoms with Gasteiger partial charge in [0.25, 0.3) is 0 Å². The van der Waals surface area contributed by atoms with Gasteiger partial charge in [-0.15, -0.1) is 0 Å². The van der Waals surface area contributed by atoms with Crippen LogP contribution in [-0.4, -0.2) is 10.7 Å². The first-order chi connectivity index (χ1) is 9.54. The van der Waals surface area contributed by atoms with E-state index in [1.54, 1.807) is 13.8 Å². The summed E-state index contributed by atoms with van der Waals surface area (Å²) in [4.78, 5) is 0. The number of aliphatic hydroxyl groups is 1. The highest BCUT2D eigenvalue weighted by molar-refractivity contribution is 6.04. The SMILES string of the molecule is CC(C)(O)C#Cc1c2ccccc2cc2ccccc12. The molecule has 0 aromatic heterocycles. The lowest BCUT2D eigenvalue weighted by Crippen LogP contribution is -2.14. The third-order valence-corrected chi connectivity index (χ3v) is 3.26. The van der Waals surface area contributed by atoms with Gasteiger partial charge in [-0.3, -0.25) is 0 Å². The van der Waals surface area contributed by atoms with Crippen LogP contribution < -0.4 is 0 Å². The molecular weight excluding hydrogens is 244 g/mol. The highest BCUT2D eigenvalue weighted by atomic mass is 16.3. The van der Waals surface area contributed by atoms with Crippen molar-refractivity contribution < 1.29 is 5.11 Å². The van der Waals surface area contributed by atoms with Crippen molar-refractivity contribution in [3.63, 3.8) is 0 Å². The Bertz CT molecular complexity index is 788. The van der Waals surface area contributed by atoms with Crippen LogP contribution >= 0.6 is 0 Å². The summed E-state index contributed by atoms with van der Waals surface area (Å²) >= 11 is 0. The van der Waals surface area contributed by atoms with Crippen molar-refractivity contribution in [2.24, 2.45) is 0 Å². The predicted octanol–water partition coefficient (Wildman–Crippen LogP) is 4.12. The summed E-state index contributed by atoms with van der Waals surface area (Å²) in [5.41, 5.74) is -0.00117. The summed E-state index contributed by atoms with van der Waals surface area (Å²) in [7, 11) is 0. The topological polar surface area (TPSA) is 20.2 Å². The Morgan fingerprint density at radius 2 is 1.35 bits per heavy atom. The second kappa shape index (κ2) is 4.67. The first kappa shape index (κ1) is 12.7. The van der Waals surface area contributed by atoms with Crippen molar-refractivity contribution in [1.82, 2.24) is 0 Å². The summed E-state index contributed by atoms with van der Waals surface area (Å²) in [5, 5.41) is 14.4. The molecule has 1 N–H and O–H groups in total. The lowest BCUT2D eigenvalue weighted by Gasteiger charge is -2.09. The molecule has 0 heterocycles. The molecule has 0 fully saturated rings. The molecule has 0 spiro atoms. The number of benzene rings is 3. The Kier molecular flexibility index (Phi) is 2.97. The molecule has 0 radical (unpaired) electrons. The maximum absolute atomic E-state index is 9.85. The van der Waals surface area contributed by atoms with Crippen LogP contribution in [0.3, 0.4) is 0 Å². The lowest BCUT2D eigenvalue weighted by atomic mass is 9.96. The maximum atomic E-state index is 9.85. The van der Waals surface area contributed by atoms with Crippen molar-refractivity contribution in [3.8, 4) is 11.8 Å². The zero-order chi connectivity index (χ0) is 14.2. The van der Waals surface area contributed by atoms with E-state index in [2.05, 4.69) is 42.2 Å². The van der Waals surface area contributed by atoms with E-state index in [0.717, 1.165) is 16.3 Å². The first-order valence-electron chi connectivity index (χ1n) is 6.71. The van der Waals surface area contributed by atoms with Gasteiger partial charge in [-0.05, 0) is 41.5 Å². The van der Waals surface area contributed by atoms with Crippen LogP contribution in [0.15, 0.2) is 54.6 Å². The Hall–Kier alpha value is -2.30. The summed E-state index contributed by atoms with van der Waals surface area (Å²) in [6.07, 6.45) is 0. The smallest absolute Gasteiger partial charge is 0.120 e. The Morgan fingerprint density at radius 3 is 1.85 bits per heavy atom. The van der Waals surface area contributed by atoms with Gasteiger partial charge in [0.1, 0.15) is 5.60 Å². The van der Waals surface area contributed by atoms with Gasteiger partial charge < -0.3 is 5.11 Å². The minimum absolute atomic E-state index is 0.987. The van der Waals surface area contributed by atoms with E-state index in [9.17, 15) is 5.11 Å². The molecule has 98 valence electrons. The van der Waals surface area contributed by atoms with E-state index in [4.69, 9.17) is 0 Å². The fourth-order valence-corrected chi connectivity index (χ4v) is 2.36. The number of rotatable bonds is 0. The molecule has 3 aromatic carbocycles. The van der Waals surface area contributed by atoms with Crippen LogP contribution in [0.1, 0.15) is 19.4 Å². The molecule has 0 bridgehead atoms. The van der Waals surface area contributed by atoms with Gasteiger partial charge in [0.05, 0.1) is 0 Å². The van der Waals surface area contributed by atoms with Crippen LogP contribution in [0.5, 0.6) is 0 Å². The quantitative estimate of drug-likeness (QED) is 0.476. The Morgan fingerprint density at radius 1 is 0.850 bits per heavy atom. The van der Waals surface area contributed by atoms with Crippen molar-refractivity contribution in [2.45, 2.75) is 19.4 Å². The van der Waals surface area contributed by atoms with Gasteiger partial charge in [0, 0.05) is 5.56 Å². The number of hydrogen-bond donors (Lipinski definition) is 1. The molecule has 0 aliphatic carbocycles. The van der Waals surface area contributed by atoms with E-state index < -0.39 is 5.60 Å². The molecule has 0 saturated heterocycles. The van der Waals surface area contributed by atoms with Crippen LogP contribution in [0.4, 0.5) is 0 Å².